The molecule has 0 radical (unpaired) electrons. The molecule has 2 rings (SSSR count). The molecule has 2 aromatic rings. The van der Waals surface area contributed by atoms with Crippen LogP contribution in [0, 0.1) is 5.82 Å². The summed E-state index contributed by atoms with van der Waals surface area (Å²) >= 11 is 5.68. The second kappa shape index (κ2) is 6.19. The molecular weight excluding hydrogens is 299 g/mol. The van der Waals surface area contributed by atoms with Gasteiger partial charge in [0.1, 0.15) is 11.5 Å². The summed E-state index contributed by atoms with van der Waals surface area (Å²) in [5.41, 5.74) is 5.64. The number of halogens is 2. The number of rotatable bonds is 3. The van der Waals surface area contributed by atoms with Gasteiger partial charge in [0, 0.05) is 11.9 Å². The van der Waals surface area contributed by atoms with Gasteiger partial charge in [0.05, 0.1) is 10.6 Å². The molecule has 1 aromatic carbocycles. The van der Waals surface area contributed by atoms with Crippen molar-refractivity contribution in [3.63, 3.8) is 0 Å². The molecule has 0 unspecified atom stereocenters. The van der Waals surface area contributed by atoms with Gasteiger partial charge in [-0.25, -0.2) is 9.37 Å². The molecule has 1 heterocycles. The molecule has 8 heteroatoms. The Labute approximate surface area is 124 Å². The van der Waals surface area contributed by atoms with Crippen LogP contribution in [0.1, 0.15) is 16.1 Å². The highest BCUT2D eigenvalue weighted by Crippen LogP contribution is 2.16. The minimum Gasteiger partial charge on any atom is -0.409 e. The molecule has 0 aliphatic heterocycles. The number of amidine groups is 1. The van der Waals surface area contributed by atoms with E-state index in [-0.39, 0.29) is 16.9 Å². The number of pyridine rings is 1. The predicted octanol–water partition coefficient (Wildman–Crippen LogP) is 2.22. The molecule has 0 spiro atoms. The highest BCUT2D eigenvalue weighted by molar-refractivity contribution is 6.30. The molecule has 4 N–H and O–H groups in total. The van der Waals surface area contributed by atoms with Gasteiger partial charge in [-0.2, -0.15) is 0 Å². The number of oxime groups is 1. The Kier molecular flexibility index (Phi) is 4.34. The van der Waals surface area contributed by atoms with Crippen LogP contribution in [-0.2, 0) is 0 Å². The van der Waals surface area contributed by atoms with Crippen molar-refractivity contribution in [2.24, 2.45) is 10.9 Å². The number of amides is 1. The number of nitrogens with one attached hydrogen (secondary N) is 1. The van der Waals surface area contributed by atoms with Crippen LogP contribution in [0.2, 0.25) is 5.02 Å². The zero-order valence-electron chi connectivity index (χ0n) is 10.5. The van der Waals surface area contributed by atoms with E-state index in [9.17, 15) is 9.18 Å². The maximum Gasteiger partial charge on any atom is 0.274 e. The number of nitrogens with zero attached hydrogens (tertiary/aromatic N) is 2. The van der Waals surface area contributed by atoms with Crippen LogP contribution in [0.25, 0.3) is 0 Å². The second-order valence-electron chi connectivity index (χ2n) is 4.00. The number of benzene rings is 1. The van der Waals surface area contributed by atoms with E-state index in [0.717, 1.165) is 6.07 Å². The normalized spacial score (nSPS) is 11.2. The SMILES string of the molecule is NC(=NO)c1cc(NC(=O)c2ccc(Cl)cn2)ccc1F. The largest absolute Gasteiger partial charge is 0.409 e. The lowest BCUT2D eigenvalue weighted by molar-refractivity contribution is 0.102. The van der Waals surface area contributed by atoms with Gasteiger partial charge in [0.25, 0.3) is 5.91 Å². The summed E-state index contributed by atoms with van der Waals surface area (Å²) in [6.45, 7) is 0. The van der Waals surface area contributed by atoms with Crippen molar-refractivity contribution in [2.45, 2.75) is 0 Å². The molecule has 0 aliphatic carbocycles. The van der Waals surface area contributed by atoms with Crippen LogP contribution in [0.3, 0.4) is 0 Å². The molecule has 0 bridgehead atoms. The molecule has 1 amide bonds. The van der Waals surface area contributed by atoms with Crippen molar-refractivity contribution in [1.29, 1.82) is 0 Å². The Balaban J connectivity index is 2.23. The molecular formula is C13H10ClFN4O2. The van der Waals surface area contributed by atoms with E-state index in [1.54, 1.807) is 0 Å². The van der Waals surface area contributed by atoms with Crippen LogP contribution in [0.15, 0.2) is 41.7 Å². The number of carbonyl (C=O) groups is 1. The number of hydrogen-bond donors (Lipinski definition) is 3. The van der Waals surface area contributed by atoms with E-state index < -0.39 is 17.6 Å². The number of carbonyl (C=O) groups excluding carboxylic acids is 1. The van der Waals surface area contributed by atoms with E-state index >= 15 is 0 Å². The summed E-state index contributed by atoms with van der Waals surface area (Å²) in [7, 11) is 0. The minimum atomic E-state index is -0.673. The zero-order valence-corrected chi connectivity index (χ0v) is 11.3. The Morgan fingerprint density at radius 2 is 2.14 bits per heavy atom. The van der Waals surface area contributed by atoms with Crippen molar-refractivity contribution in [1.82, 2.24) is 4.98 Å². The topological polar surface area (TPSA) is 101 Å². The predicted molar refractivity (Wildman–Crippen MR) is 76.1 cm³/mol. The van der Waals surface area contributed by atoms with Crippen molar-refractivity contribution >= 4 is 29.0 Å². The first-order valence-corrected chi connectivity index (χ1v) is 6.09. The van der Waals surface area contributed by atoms with Gasteiger partial charge in [-0.1, -0.05) is 16.8 Å². The van der Waals surface area contributed by atoms with E-state index in [1.165, 1.54) is 30.5 Å². The first kappa shape index (κ1) is 14.7. The smallest absolute Gasteiger partial charge is 0.274 e. The third-order valence-corrected chi connectivity index (χ3v) is 2.79. The van der Waals surface area contributed by atoms with E-state index in [2.05, 4.69) is 15.5 Å². The number of hydrogen-bond acceptors (Lipinski definition) is 4. The standard InChI is InChI=1S/C13H10ClFN4O2/c14-7-1-4-11(17-6-7)13(20)18-8-2-3-10(15)9(5-8)12(16)19-21/h1-6,21H,(H2,16,19)(H,18,20). The first-order chi connectivity index (χ1) is 10.0. The summed E-state index contributed by atoms with van der Waals surface area (Å²) < 4.78 is 13.5. The Hall–Kier alpha value is -2.67. The third-order valence-electron chi connectivity index (χ3n) is 2.57. The number of anilines is 1. The highest BCUT2D eigenvalue weighted by Gasteiger charge is 2.11. The van der Waals surface area contributed by atoms with E-state index in [4.69, 9.17) is 22.5 Å². The summed E-state index contributed by atoms with van der Waals surface area (Å²) in [6, 6.07) is 6.66. The number of nitrogens with two attached hydrogens (primary N) is 1. The second-order valence-corrected chi connectivity index (χ2v) is 4.43. The van der Waals surface area contributed by atoms with Crippen molar-refractivity contribution in [3.05, 3.63) is 58.6 Å². The van der Waals surface area contributed by atoms with Gasteiger partial charge in [-0.3, -0.25) is 4.79 Å². The van der Waals surface area contributed by atoms with E-state index in [1.807, 2.05) is 0 Å². The molecule has 0 atom stereocenters. The summed E-state index contributed by atoms with van der Waals surface area (Å²) in [5.74, 6) is -1.56. The molecule has 108 valence electrons. The first-order valence-electron chi connectivity index (χ1n) is 5.71. The lowest BCUT2D eigenvalue weighted by Gasteiger charge is -2.07. The molecule has 6 nitrogen and oxygen atoms in total. The highest BCUT2D eigenvalue weighted by atomic mass is 35.5. The molecule has 1 aromatic heterocycles. The van der Waals surface area contributed by atoms with Gasteiger partial charge < -0.3 is 16.3 Å². The monoisotopic (exact) mass is 308 g/mol. The van der Waals surface area contributed by atoms with Crippen molar-refractivity contribution in [3.8, 4) is 0 Å². The van der Waals surface area contributed by atoms with Crippen LogP contribution >= 0.6 is 11.6 Å². The van der Waals surface area contributed by atoms with E-state index in [0.29, 0.717) is 5.02 Å². The van der Waals surface area contributed by atoms with Crippen molar-refractivity contribution in [2.75, 3.05) is 5.32 Å². The fourth-order valence-corrected chi connectivity index (χ4v) is 1.67. The van der Waals surface area contributed by atoms with Crippen LogP contribution < -0.4 is 11.1 Å². The van der Waals surface area contributed by atoms with Crippen molar-refractivity contribution < 1.29 is 14.4 Å². The fourth-order valence-electron chi connectivity index (χ4n) is 1.56. The zero-order chi connectivity index (χ0) is 15.4. The molecule has 0 saturated heterocycles. The summed E-state index contributed by atoms with van der Waals surface area (Å²) in [6.07, 6.45) is 1.34. The average molecular weight is 309 g/mol. The lowest BCUT2D eigenvalue weighted by atomic mass is 10.1. The Bertz CT molecular complexity index is 704. The minimum absolute atomic E-state index is 0.126. The quantitative estimate of drug-likeness (QED) is 0.350. The van der Waals surface area contributed by atoms with Gasteiger partial charge in [-0.05, 0) is 30.3 Å². The fraction of sp³-hybridized carbons (Fsp3) is 0. The van der Waals surface area contributed by atoms with Gasteiger partial charge in [-0.15, -0.1) is 0 Å². The van der Waals surface area contributed by atoms with Gasteiger partial charge >= 0.3 is 0 Å². The molecule has 0 fully saturated rings. The Morgan fingerprint density at radius 3 is 2.76 bits per heavy atom. The van der Waals surface area contributed by atoms with Gasteiger partial charge in [0.2, 0.25) is 0 Å². The maximum absolute atomic E-state index is 13.5. The van der Waals surface area contributed by atoms with Gasteiger partial charge in [0.15, 0.2) is 5.84 Å². The molecule has 0 aliphatic rings. The molecule has 21 heavy (non-hydrogen) atoms. The molecule has 0 saturated carbocycles. The summed E-state index contributed by atoms with van der Waals surface area (Å²) in [5, 5.41) is 14.2. The number of aromatic nitrogens is 1. The van der Waals surface area contributed by atoms with Crippen LogP contribution in [-0.4, -0.2) is 21.9 Å². The lowest BCUT2D eigenvalue weighted by Crippen LogP contribution is -2.17. The summed E-state index contributed by atoms with van der Waals surface area (Å²) in [4.78, 5) is 15.8. The van der Waals surface area contributed by atoms with Crippen LogP contribution in [0.5, 0.6) is 0 Å². The van der Waals surface area contributed by atoms with Crippen LogP contribution in [0.4, 0.5) is 10.1 Å². The Morgan fingerprint density at radius 1 is 1.38 bits per heavy atom. The maximum atomic E-state index is 13.5. The average Bonchev–Trinajstić information content (AvgIpc) is 2.49. The third kappa shape index (κ3) is 3.46.